The molecule has 36 heavy (non-hydrogen) atoms. The first-order chi connectivity index (χ1) is 17.0. The van der Waals surface area contributed by atoms with Gasteiger partial charge in [0.25, 0.3) is 5.69 Å². The molecule has 16 nitrogen and oxygen atoms in total. The molecule has 0 unspecified atom stereocenters. The number of nitro groups is 1. The van der Waals surface area contributed by atoms with Crippen LogP contribution in [0, 0.1) is 10.1 Å². The number of nitrogens with zero attached hydrogens (tertiary/aromatic N) is 1. The molecular weight excluding hydrogens is 494 g/mol. The zero-order chi connectivity index (χ0) is 26.7. The lowest BCUT2D eigenvalue weighted by Gasteiger charge is -2.45. The second-order valence-electron chi connectivity index (χ2n) is 8.22. The van der Waals surface area contributed by atoms with Gasteiger partial charge in [-0.3, -0.25) is 10.1 Å². The molecule has 1 aromatic carbocycles. The van der Waals surface area contributed by atoms with Gasteiger partial charge in [-0.05, 0) is 12.1 Å². The van der Waals surface area contributed by atoms with E-state index in [9.17, 15) is 50.7 Å². The molecular formula is C20H27NO15. The summed E-state index contributed by atoms with van der Waals surface area (Å²) in [6.45, 7) is -2.07. The molecule has 0 saturated carbocycles. The molecule has 10 atom stereocenters. The highest BCUT2D eigenvalue weighted by Gasteiger charge is 2.50. The summed E-state index contributed by atoms with van der Waals surface area (Å²) in [4.78, 5) is 21.6. The largest absolute Gasteiger partial charge is 0.478 e. The number of ether oxygens (including phenoxy) is 4. The zero-order valence-electron chi connectivity index (χ0n) is 18.5. The lowest BCUT2D eigenvalue weighted by atomic mass is 9.97. The van der Waals surface area contributed by atoms with Gasteiger partial charge < -0.3 is 59.8 Å². The Bertz CT molecular complexity index is 926. The van der Waals surface area contributed by atoms with Gasteiger partial charge in [0, 0.05) is 6.07 Å². The summed E-state index contributed by atoms with van der Waals surface area (Å²) in [6.07, 6.45) is -16.5. The molecule has 2 heterocycles. The van der Waals surface area contributed by atoms with Gasteiger partial charge in [-0.1, -0.05) is 0 Å². The fraction of sp³-hybridized carbons (Fsp3) is 0.650. The highest BCUT2D eigenvalue weighted by atomic mass is 16.7. The molecule has 0 amide bonds. The first kappa shape index (κ1) is 28.2. The van der Waals surface area contributed by atoms with E-state index in [0.717, 1.165) is 18.2 Å². The van der Waals surface area contributed by atoms with Crippen LogP contribution < -0.4 is 0 Å². The van der Waals surface area contributed by atoms with Crippen molar-refractivity contribution in [3.63, 3.8) is 0 Å². The number of aromatic carboxylic acids is 1. The van der Waals surface area contributed by atoms with Crippen molar-refractivity contribution in [2.24, 2.45) is 0 Å². The normalized spacial score (nSPS) is 37.0. The third-order valence-electron chi connectivity index (χ3n) is 5.89. The van der Waals surface area contributed by atoms with E-state index in [1.54, 1.807) is 0 Å². The molecule has 202 valence electrons. The van der Waals surface area contributed by atoms with Crippen LogP contribution in [0.5, 0.6) is 0 Å². The Labute approximate surface area is 202 Å². The smallest absolute Gasteiger partial charge is 0.335 e. The summed E-state index contributed by atoms with van der Waals surface area (Å²) >= 11 is 0. The van der Waals surface area contributed by atoms with Crippen LogP contribution in [-0.2, 0) is 25.6 Å². The molecule has 0 bridgehead atoms. The SMILES string of the molecule is O=C(O)c1ccc(CO[C@H]2O[C@H](CO)[C@@H](O[C@@H]3O[C@H](CO)[C@@H](O)[C@H](O)[C@H]3O)[C@H](O)[C@H]2O)c([N+](=O)[O-])c1. The van der Waals surface area contributed by atoms with E-state index >= 15 is 0 Å². The third-order valence-corrected chi connectivity index (χ3v) is 5.89. The molecule has 0 aromatic heterocycles. The first-order valence-corrected chi connectivity index (χ1v) is 10.7. The van der Waals surface area contributed by atoms with E-state index in [1.807, 2.05) is 0 Å². The monoisotopic (exact) mass is 521 g/mol. The van der Waals surface area contributed by atoms with Crippen molar-refractivity contribution in [3.05, 3.63) is 39.4 Å². The predicted octanol–water partition coefficient (Wildman–Crippen LogP) is -3.57. The van der Waals surface area contributed by atoms with Crippen LogP contribution in [0.25, 0.3) is 0 Å². The Balaban J connectivity index is 1.71. The number of aliphatic hydroxyl groups is 7. The second-order valence-corrected chi connectivity index (χ2v) is 8.22. The van der Waals surface area contributed by atoms with Crippen molar-refractivity contribution in [1.29, 1.82) is 0 Å². The van der Waals surface area contributed by atoms with Crippen LogP contribution in [0.2, 0.25) is 0 Å². The third kappa shape index (κ3) is 5.79. The Hall–Kier alpha value is -2.35. The van der Waals surface area contributed by atoms with Gasteiger partial charge >= 0.3 is 5.97 Å². The van der Waals surface area contributed by atoms with Crippen LogP contribution in [0.15, 0.2) is 18.2 Å². The number of rotatable bonds is 9. The molecule has 2 aliphatic heterocycles. The number of carboxylic acid groups (broad SMARTS) is 1. The van der Waals surface area contributed by atoms with Gasteiger partial charge in [-0.2, -0.15) is 0 Å². The van der Waals surface area contributed by atoms with Crippen molar-refractivity contribution >= 4 is 11.7 Å². The van der Waals surface area contributed by atoms with Gasteiger partial charge in [-0.25, -0.2) is 4.79 Å². The molecule has 0 aliphatic carbocycles. The van der Waals surface area contributed by atoms with Gasteiger partial charge in [0.05, 0.1) is 35.9 Å². The fourth-order valence-electron chi connectivity index (χ4n) is 3.85. The van der Waals surface area contributed by atoms with Crippen LogP contribution in [0.4, 0.5) is 5.69 Å². The van der Waals surface area contributed by atoms with E-state index in [-0.39, 0.29) is 11.1 Å². The lowest BCUT2D eigenvalue weighted by molar-refractivity contribution is -0.386. The predicted molar refractivity (Wildman–Crippen MR) is 111 cm³/mol. The zero-order valence-corrected chi connectivity index (χ0v) is 18.5. The van der Waals surface area contributed by atoms with Crippen molar-refractivity contribution < 1.29 is 69.5 Å². The summed E-state index contributed by atoms with van der Waals surface area (Å²) in [5.41, 5.74) is -0.956. The maximum absolute atomic E-state index is 11.3. The van der Waals surface area contributed by atoms with Crippen molar-refractivity contribution in [2.45, 2.75) is 68.0 Å². The molecule has 8 N–H and O–H groups in total. The molecule has 3 rings (SSSR count). The topological polar surface area (TPSA) is 259 Å². The minimum absolute atomic E-state index is 0.0597. The highest BCUT2D eigenvalue weighted by Crippen LogP contribution is 2.30. The minimum atomic E-state index is -1.83. The Morgan fingerprint density at radius 2 is 1.53 bits per heavy atom. The van der Waals surface area contributed by atoms with E-state index in [1.165, 1.54) is 0 Å². The van der Waals surface area contributed by atoms with E-state index in [4.69, 9.17) is 24.1 Å². The Morgan fingerprint density at radius 1 is 0.917 bits per heavy atom. The average Bonchev–Trinajstić information content (AvgIpc) is 2.86. The number of aliphatic hydroxyl groups excluding tert-OH is 7. The number of nitro benzene ring substituents is 1. The van der Waals surface area contributed by atoms with Crippen molar-refractivity contribution in [2.75, 3.05) is 13.2 Å². The van der Waals surface area contributed by atoms with Crippen molar-refractivity contribution in [3.8, 4) is 0 Å². The fourth-order valence-corrected chi connectivity index (χ4v) is 3.85. The molecule has 2 aliphatic rings. The minimum Gasteiger partial charge on any atom is -0.478 e. The number of hydrogen-bond donors (Lipinski definition) is 8. The van der Waals surface area contributed by atoms with Crippen LogP contribution >= 0.6 is 0 Å². The molecule has 16 heteroatoms. The van der Waals surface area contributed by atoms with Crippen LogP contribution in [-0.4, -0.2) is 126 Å². The number of hydrogen-bond acceptors (Lipinski definition) is 14. The van der Waals surface area contributed by atoms with Gasteiger partial charge in [0.15, 0.2) is 12.6 Å². The van der Waals surface area contributed by atoms with E-state index in [0.29, 0.717) is 0 Å². The molecule has 1 aromatic rings. The summed E-state index contributed by atoms with van der Waals surface area (Å²) in [5, 5.41) is 90.3. The van der Waals surface area contributed by atoms with Crippen molar-refractivity contribution in [1.82, 2.24) is 0 Å². The average molecular weight is 521 g/mol. The maximum Gasteiger partial charge on any atom is 0.335 e. The molecule has 0 spiro atoms. The van der Waals surface area contributed by atoms with Gasteiger partial charge in [0.1, 0.15) is 48.8 Å². The number of carbonyl (C=O) groups is 1. The summed E-state index contributed by atoms with van der Waals surface area (Å²) in [6, 6.07) is 3.08. The summed E-state index contributed by atoms with van der Waals surface area (Å²) < 4.78 is 21.4. The number of carboxylic acids is 1. The van der Waals surface area contributed by atoms with Crippen LogP contribution in [0.3, 0.4) is 0 Å². The molecule has 0 radical (unpaired) electrons. The van der Waals surface area contributed by atoms with Crippen LogP contribution in [0.1, 0.15) is 15.9 Å². The highest BCUT2D eigenvalue weighted by molar-refractivity contribution is 5.88. The van der Waals surface area contributed by atoms with Gasteiger partial charge in [0.2, 0.25) is 0 Å². The first-order valence-electron chi connectivity index (χ1n) is 10.7. The van der Waals surface area contributed by atoms with E-state index < -0.39 is 97.8 Å². The quantitative estimate of drug-likeness (QED) is 0.115. The summed E-state index contributed by atoms with van der Waals surface area (Å²) in [7, 11) is 0. The number of benzene rings is 1. The lowest BCUT2D eigenvalue weighted by Crippen LogP contribution is -2.64. The van der Waals surface area contributed by atoms with E-state index in [2.05, 4.69) is 0 Å². The maximum atomic E-state index is 11.3. The molecule has 2 saturated heterocycles. The standard InChI is InChI=1S/C20H27NO15/c22-4-10-12(24)13(25)15(27)20(34-10)36-17-11(5-23)35-19(16(28)14(17)26)33-6-8-2-1-7(18(29)30)3-9(8)21(31)32/h1-3,10-17,19-20,22-28H,4-6H2,(H,29,30)/t10-,11-,12-,13+,14-,15-,16-,17-,19+,20+/m1/s1. The second kappa shape index (κ2) is 11.8. The Morgan fingerprint density at radius 3 is 2.11 bits per heavy atom. The summed E-state index contributed by atoms with van der Waals surface area (Å²) in [5.74, 6) is -1.38. The molecule has 2 fully saturated rings. The Kier molecular flexibility index (Phi) is 9.25. The van der Waals surface area contributed by atoms with Gasteiger partial charge in [-0.15, -0.1) is 0 Å².